The largest absolute Gasteiger partial charge is 0.493 e. The molecule has 11 heteroatoms. The molecule has 0 unspecified atom stereocenters. The van der Waals surface area contributed by atoms with Crippen molar-refractivity contribution in [1.29, 1.82) is 0 Å². The Hall–Kier alpha value is -2.92. The standard InChI is InChI=1S/C18H21N5O5S/c1-26-14-6-3-12(11-15(14)27-2)18-21-20-16-7-8-17(22-23(16)18)28-10-9-19-29(24,25)13-4-5-13/h3,6-8,11,13,19H,4-5,9-10H2,1-2H3. The van der Waals surface area contributed by atoms with Crippen LogP contribution in [0.5, 0.6) is 17.4 Å². The molecule has 10 nitrogen and oxygen atoms in total. The molecule has 3 aromatic rings. The van der Waals surface area contributed by atoms with Gasteiger partial charge in [0.25, 0.3) is 0 Å². The zero-order valence-corrected chi connectivity index (χ0v) is 16.8. The van der Waals surface area contributed by atoms with Crippen LogP contribution >= 0.6 is 0 Å². The third kappa shape index (κ3) is 4.10. The molecular weight excluding hydrogens is 398 g/mol. The number of ether oxygens (including phenoxy) is 3. The highest BCUT2D eigenvalue weighted by Gasteiger charge is 2.35. The predicted octanol–water partition coefficient (Wildman–Crippen LogP) is 1.27. The third-order valence-electron chi connectivity index (χ3n) is 4.50. The summed E-state index contributed by atoms with van der Waals surface area (Å²) in [6, 6.07) is 8.80. The quantitative estimate of drug-likeness (QED) is 0.515. The lowest BCUT2D eigenvalue weighted by Gasteiger charge is -2.09. The Bertz CT molecular complexity index is 1130. The molecule has 1 aliphatic carbocycles. The number of nitrogens with one attached hydrogen (secondary N) is 1. The first-order chi connectivity index (χ1) is 14.0. The number of sulfonamides is 1. The number of methoxy groups -OCH3 is 2. The second-order valence-corrected chi connectivity index (χ2v) is 8.57. The predicted molar refractivity (Wildman–Crippen MR) is 105 cm³/mol. The van der Waals surface area contributed by atoms with E-state index in [1.54, 1.807) is 43.0 Å². The minimum Gasteiger partial charge on any atom is -0.493 e. The van der Waals surface area contributed by atoms with E-state index in [4.69, 9.17) is 14.2 Å². The molecule has 1 saturated carbocycles. The zero-order valence-electron chi connectivity index (χ0n) is 16.0. The summed E-state index contributed by atoms with van der Waals surface area (Å²) >= 11 is 0. The van der Waals surface area contributed by atoms with E-state index in [0.29, 0.717) is 28.9 Å². The average molecular weight is 419 g/mol. The number of nitrogens with zero attached hydrogens (tertiary/aromatic N) is 4. The van der Waals surface area contributed by atoms with Crippen LogP contribution in [0.4, 0.5) is 0 Å². The Balaban J connectivity index is 1.50. The Morgan fingerprint density at radius 1 is 1.10 bits per heavy atom. The molecule has 0 saturated heterocycles. The van der Waals surface area contributed by atoms with Crippen LogP contribution in [-0.2, 0) is 10.0 Å². The molecule has 1 fully saturated rings. The van der Waals surface area contributed by atoms with Gasteiger partial charge in [0.1, 0.15) is 6.61 Å². The van der Waals surface area contributed by atoms with Crippen LogP contribution in [0, 0.1) is 0 Å². The van der Waals surface area contributed by atoms with Crippen LogP contribution in [0.1, 0.15) is 12.8 Å². The molecule has 154 valence electrons. The van der Waals surface area contributed by atoms with Gasteiger partial charge in [-0.15, -0.1) is 15.3 Å². The Labute approximate surface area is 167 Å². The van der Waals surface area contributed by atoms with Gasteiger partial charge in [0.2, 0.25) is 15.9 Å². The lowest BCUT2D eigenvalue weighted by molar-refractivity contribution is 0.306. The van der Waals surface area contributed by atoms with Crippen molar-refractivity contribution in [2.45, 2.75) is 18.1 Å². The van der Waals surface area contributed by atoms with E-state index in [2.05, 4.69) is 20.0 Å². The molecule has 0 amide bonds. The molecule has 1 N–H and O–H groups in total. The van der Waals surface area contributed by atoms with E-state index in [-0.39, 0.29) is 18.4 Å². The summed E-state index contributed by atoms with van der Waals surface area (Å²) in [4.78, 5) is 0. The maximum Gasteiger partial charge on any atom is 0.231 e. The van der Waals surface area contributed by atoms with Crippen molar-refractivity contribution in [3.8, 4) is 28.8 Å². The van der Waals surface area contributed by atoms with Gasteiger partial charge in [0, 0.05) is 18.2 Å². The Morgan fingerprint density at radius 2 is 1.90 bits per heavy atom. The number of fused-ring (bicyclic) bond motifs is 1. The first kappa shape index (κ1) is 19.4. The highest BCUT2D eigenvalue weighted by atomic mass is 32.2. The van der Waals surface area contributed by atoms with Gasteiger partial charge in [-0.2, -0.15) is 4.52 Å². The summed E-state index contributed by atoms with van der Waals surface area (Å²) in [5, 5.41) is 12.5. The van der Waals surface area contributed by atoms with Gasteiger partial charge in [-0.25, -0.2) is 13.1 Å². The molecule has 1 aliphatic rings. The van der Waals surface area contributed by atoms with Crippen LogP contribution in [-0.4, -0.2) is 60.9 Å². The van der Waals surface area contributed by atoms with Gasteiger partial charge in [0.05, 0.1) is 19.5 Å². The molecule has 0 bridgehead atoms. The van der Waals surface area contributed by atoms with E-state index < -0.39 is 10.0 Å². The van der Waals surface area contributed by atoms with Crippen LogP contribution in [0.15, 0.2) is 30.3 Å². The minimum atomic E-state index is -3.22. The van der Waals surface area contributed by atoms with E-state index in [1.807, 2.05) is 6.07 Å². The summed E-state index contributed by atoms with van der Waals surface area (Å²) < 4.78 is 43.9. The third-order valence-corrected chi connectivity index (χ3v) is 6.45. The fourth-order valence-corrected chi connectivity index (χ4v) is 4.20. The fourth-order valence-electron chi connectivity index (χ4n) is 2.84. The summed E-state index contributed by atoms with van der Waals surface area (Å²) in [6.07, 6.45) is 1.45. The number of hydrogen-bond acceptors (Lipinski definition) is 8. The SMILES string of the molecule is COc1ccc(-c2nnc3ccc(OCCNS(=O)(=O)C4CC4)nn23)cc1OC. The van der Waals surface area contributed by atoms with Crippen molar-refractivity contribution in [3.05, 3.63) is 30.3 Å². The van der Waals surface area contributed by atoms with Gasteiger partial charge >= 0.3 is 0 Å². The molecule has 2 aromatic heterocycles. The normalized spacial score (nSPS) is 14.1. The highest BCUT2D eigenvalue weighted by molar-refractivity contribution is 7.90. The van der Waals surface area contributed by atoms with Crippen LogP contribution in [0.3, 0.4) is 0 Å². The first-order valence-electron chi connectivity index (χ1n) is 9.08. The lowest BCUT2D eigenvalue weighted by atomic mass is 10.2. The van der Waals surface area contributed by atoms with Gasteiger partial charge in [-0.1, -0.05) is 0 Å². The van der Waals surface area contributed by atoms with Gasteiger partial charge in [-0.05, 0) is 37.1 Å². The summed E-state index contributed by atoms with van der Waals surface area (Å²) in [5.74, 6) is 2.03. The van der Waals surface area contributed by atoms with Crippen molar-refractivity contribution in [3.63, 3.8) is 0 Å². The van der Waals surface area contributed by atoms with Gasteiger partial charge < -0.3 is 14.2 Å². The van der Waals surface area contributed by atoms with Crippen LogP contribution in [0.2, 0.25) is 0 Å². The lowest BCUT2D eigenvalue weighted by Crippen LogP contribution is -2.31. The molecule has 2 heterocycles. The molecule has 0 atom stereocenters. The van der Waals surface area contributed by atoms with E-state index in [0.717, 1.165) is 18.4 Å². The number of aromatic nitrogens is 4. The second kappa shape index (κ2) is 7.84. The van der Waals surface area contributed by atoms with Crippen molar-refractivity contribution < 1.29 is 22.6 Å². The number of benzene rings is 1. The Morgan fingerprint density at radius 3 is 2.62 bits per heavy atom. The maximum absolute atomic E-state index is 11.8. The zero-order chi connectivity index (χ0) is 20.4. The fraction of sp³-hybridized carbons (Fsp3) is 0.389. The second-order valence-electron chi connectivity index (χ2n) is 6.52. The van der Waals surface area contributed by atoms with Crippen molar-refractivity contribution >= 4 is 15.7 Å². The topological polar surface area (TPSA) is 117 Å². The molecule has 29 heavy (non-hydrogen) atoms. The molecular formula is C18H21N5O5S. The number of hydrogen-bond donors (Lipinski definition) is 1. The van der Waals surface area contributed by atoms with Gasteiger partial charge in [0.15, 0.2) is 23.0 Å². The molecule has 4 rings (SSSR count). The van der Waals surface area contributed by atoms with E-state index in [1.165, 1.54) is 0 Å². The average Bonchev–Trinajstić information content (AvgIpc) is 3.52. The van der Waals surface area contributed by atoms with Crippen LogP contribution < -0.4 is 18.9 Å². The molecule has 0 radical (unpaired) electrons. The molecule has 0 aliphatic heterocycles. The van der Waals surface area contributed by atoms with Crippen LogP contribution in [0.25, 0.3) is 17.0 Å². The smallest absolute Gasteiger partial charge is 0.231 e. The summed E-state index contributed by atoms with van der Waals surface area (Å²) in [6.45, 7) is 0.349. The number of rotatable bonds is 9. The molecule has 0 spiro atoms. The minimum absolute atomic E-state index is 0.165. The maximum atomic E-state index is 11.8. The van der Waals surface area contributed by atoms with Crippen molar-refractivity contribution in [1.82, 2.24) is 24.5 Å². The Kier molecular flexibility index (Phi) is 5.24. The van der Waals surface area contributed by atoms with Crippen molar-refractivity contribution in [2.24, 2.45) is 0 Å². The van der Waals surface area contributed by atoms with Gasteiger partial charge in [-0.3, -0.25) is 0 Å². The first-order valence-corrected chi connectivity index (χ1v) is 10.6. The molecule has 1 aromatic carbocycles. The van der Waals surface area contributed by atoms with E-state index in [9.17, 15) is 8.42 Å². The van der Waals surface area contributed by atoms with Crippen molar-refractivity contribution in [2.75, 3.05) is 27.4 Å². The van der Waals surface area contributed by atoms with E-state index >= 15 is 0 Å². The summed E-state index contributed by atoms with van der Waals surface area (Å²) in [7, 11) is -0.0900. The monoisotopic (exact) mass is 419 g/mol. The highest BCUT2D eigenvalue weighted by Crippen LogP contribution is 2.31. The summed E-state index contributed by atoms with van der Waals surface area (Å²) in [5.41, 5.74) is 1.30.